The van der Waals surface area contributed by atoms with Crippen LogP contribution in [0.3, 0.4) is 0 Å². The summed E-state index contributed by atoms with van der Waals surface area (Å²) < 4.78 is 17.9. The van der Waals surface area contributed by atoms with Crippen LogP contribution in [-0.2, 0) is 14.9 Å². The molecule has 3 rings (SSSR count). The van der Waals surface area contributed by atoms with E-state index >= 15 is 0 Å². The van der Waals surface area contributed by atoms with Gasteiger partial charge in [-0.1, -0.05) is 54.5 Å². The van der Waals surface area contributed by atoms with E-state index in [4.69, 9.17) is 0 Å². The van der Waals surface area contributed by atoms with Crippen LogP contribution in [0.1, 0.15) is 80.5 Å². The molecule has 2 heterocycles. The fourth-order valence-electron chi connectivity index (χ4n) is 4.20. The summed E-state index contributed by atoms with van der Waals surface area (Å²) in [5.74, 6) is -0.243. The number of aromatic amines is 1. The summed E-state index contributed by atoms with van der Waals surface area (Å²) in [5.41, 5.74) is 3.98. The first-order chi connectivity index (χ1) is 18.5. The first-order valence-electron chi connectivity index (χ1n) is 14.3. The number of fused-ring (bicyclic) bond motifs is 1. The lowest BCUT2D eigenvalue weighted by molar-refractivity contribution is -0.128. The third-order valence-corrected chi connectivity index (χ3v) is 6.18. The van der Waals surface area contributed by atoms with E-state index in [9.17, 15) is 14.0 Å². The van der Waals surface area contributed by atoms with Crippen LogP contribution in [0.25, 0.3) is 16.5 Å². The molecule has 1 aromatic heterocycles. The smallest absolute Gasteiger partial charge is 0.320 e. The topological polar surface area (TPSA) is 68.9 Å². The van der Waals surface area contributed by atoms with Crippen molar-refractivity contribution in [3.05, 3.63) is 41.3 Å². The number of nitrogens with zero attached hydrogens (tertiary/aromatic N) is 3. The van der Waals surface area contributed by atoms with E-state index in [2.05, 4.69) is 55.4 Å². The molecular weight excluding hydrogens is 495 g/mol. The molecular formula is C31H53FN4O3. The number of amides is 2. The summed E-state index contributed by atoms with van der Waals surface area (Å²) >= 11 is 0. The van der Waals surface area contributed by atoms with Gasteiger partial charge in [-0.15, -0.1) is 0 Å². The Morgan fingerprint density at radius 3 is 2.15 bits per heavy atom. The van der Waals surface area contributed by atoms with Crippen molar-refractivity contribution in [1.82, 2.24) is 19.7 Å². The zero-order chi connectivity index (χ0) is 30.2. The Morgan fingerprint density at radius 2 is 1.69 bits per heavy atom. The lowest BCUT2D eigenvalue weighted by Gasteiger charge is -2.35. The Labute approximate surface area is 236 Å². The highest BCUT2D eigenvalue weighted by Crippen LogP contribution is 2.36. The summed E-state index contributed by atoms with van der Waals surface area (Å²) in [6.45, 7) is 25.9. The van der Waals surface area contributed by atoms with E-state index in [-0.39, 0.29) is 17.3 Å². The van der Waals surface area contributed by atoms with Gasteiger partial charge in [0.15, 0.2) is 0 Å². The van der Waals surface area contributed by atoms with Gasteiger partial charge in [0.1, 0.15) is 5.82 Å². The Kier molecular flexibility index (Phi) is 17.1. The number of benzene rings is 1. The quantitative estimate of drug-likeness (QED) is 0.398. The minimum atomic E-state index is -0.243. The zero-order valence-electron chi connectivity index (χ0n) is 26.3. The highest BCUT2D eigenvalue weighted by atomic mass is 19.1. The van der Waals surface area contributed by atoms with Crippen molar-refractivity contribution in [1.29, 1.82) is 0 Å². The molecule has 1 saturated heterocycles. The monoisotopic (exact) mass is 548 g/mol. The summed E-state index contributed by atoms with van der Waals surface area (Å²) in [5, 5.41) is 1.05. The van der Waals surface area contributed by atoms with Gasteiger partial charge in [0, 0.05) is 55.9 Å². The molecule has 0 bridgehead atoms. The minimum absolute atomic E-state index is 0.0966. The third-order valence-electron chi connectivity index (χ3n) is 6.18. The average Bonchev–Trinajstić information content (AvgIpc) is 3.32. The van der Waals surface area contributed by atoms with Crippen molar-refractivity contribution < 1.29 is 18.7 Å². The van der Waals surface area contributed by atoms with E-state index in [0.717, 1.165) is 48.3 Å². The Morgan fingerprint density at radius 1 is 1.10 bits per heavy atom. The predicted octanol–water partition coefficient (Wildman–Crippen LogP) is 6.93. The van der Waals surface area contributed by atoms with Gasteiger partial charge in [-0.3, -0.25) is 4.79 Å². The molecule has 222 valence electrons. The number of aromatic nitrogens is 1. The maximum absolute atomic E-state index is 13.8. The first kappa shape index (κ1) is 36.1. The van der Waals surface area contributed by atoms with Crippen molar-refractivity contribution in [2.45, 2.75) is 74.7 Å². The summed E-state index contributed by atoms with van der Waals surface area (Å²) in [7, 11) is 2.09. The molecule has 0 spiro atoms. The number of H-pyrrole nitrogens is 1. The molecule has 0 radical (unpaired) electrons. The number of rotatable bonds is 6. The molecule has 0 atom stereocenters. The lowest BCUT2D eigenvalue weighted by Crippen LogP contribution is -2.51. The number of hydrogen-bond acceptors (Lipinski definition) is 4. The van der Waals surface area contributed by atoms with Crippen LogP contribution in [0, 0.1) is 5.82 Å². The third kappa shape index (κ3) is 11.0. The second-order valence-electron chi connectivity index (χ2n) is 9.87. The number of hydrogen-bond donors (Lipinski definition) is 1. The summed E-state index contributed by atoms with van der Waals surface area (Å²) in [6.07, 6.45) is 2.10. The van der Waals surface area contributed by atoms with Gasteiger partial charge in [0.25, 0.3) is 6.47 Å². The number of halogens is 1. The molecule has 1 N–H and O–H groups in total. The molecule has 1 aliphatic rings. The molecule has 0 saturated carbocycles. The molecule has 0 aliphatic carbocycles. The van der Waals surface area contributed by atoms with Crippen LogP contribution in [0.2, 0.25) is 0 Å². The van der Waals surface area contributed by atoms with Crippen LogP contribution in [0.4, 0.5) is 9.18 Å². The van der Waals surface area contributed by atoms with E-state index in [0.29, 0.717) is 26.2 Å². The maximum Gasteiger partial charge on any atom is 0.320 e. The minimum Gasteiger partial charge on any atom is -0.468 e. The van der Waals surface area contributed by atoms with Gasteiger partial charge in [-0.25, -0.2) is 9.18 Å². The van der Waals surface area contributed by atoms with Gasteiger partial charge in [0.05, 0.1) is 6.61 Å². The van der Waals surface area contributed by atoms with Gasteiger partial charge >= 0.3 is 6.03 Å². The van der Waals surface area contributed by atoms with Gasteiger partial charge in [-0.05, 0) is 62.6 Å². The molecule has 2 amide bonds. The second-order valence-corrected chi connectivity index (χ2v) is 9.87. The molecule has 1 fully saturated rings. The van der Waals surface area contributed by atoms with Crippen LogP contribution >= 0.6 is 0 Å². The van der Waals surface area contributed by atoms with Crippen molar-refractivity contribution in [3.8, 4) is 0 Å². The van der Waals surface area contributed by atoms with Crippen LogP contribution in [0.5, 0.6) is 0 Å². The van der Waals surface area contributed by atoms with Crippen molar-refractivity contribution in [2.75, 3.05) is 52.9 Å². The highest BCUT2D eigenvalue weighted by molar-refractivity contribution is 5.90. The largest absolute Gasteiger partial charge is 0.468 e. The summed E-state index contributed by atoms with van der Waals surface area (Å²) in [6, 6.07) is 5.02. The number of nitrogens with one attached hydrogen (secondary N) is 1. The Hall–Kier alpha value is -2.87. The van der Waals surface area contributed by atoms with Gasteiger partial charge in [-0.2, -0.15) is 0 Å². The maximum atomic E-state index is 13.8. The zero-order valence-corrected chi connectivity index (χ0v) is 26.3. The standard InChI is InChI=1S/C24H35FN4O.C3H6O2.2C2H6/c1-7-28(23(30)29-14-12-27(6)13-15-29)11-10-17(2)22-21(24(3,4)5)19-9-8-18(25)16-20(19)26-22;1-2-5-3-4;2*1-2/h8-10,16,26H,7,11-15H2,1-6H3;3H,2H2,1H3;2*1-2H3. The predicted molar refractivity (Wildman–Crippen MR) is 163 cm³/mol. The molecule has 1 aromatic carbocycles. The molecule has 2 aromatic rings. The number of likely N-dealkylation sites (N-methyl/N-ethyl adjacent to an activating group) is 2. The van der Waals surface area contributed by atoms with Gasteiger partial charge < -0.3 is 24.4 Å². The number of urea groups is 1. The van der Waals surface area contributed by atoms with E-state index in [1.165, 1.54) is 11.6 Å². The molecule has 1 aliphatic heterocycles. The summed E-state index contributed by atoms with van der Waals surface area (Å²) in [4.78, 5) is 31.6. The normalized spacial score (nSPS) is 13.7. The fourth-order valence-corrected chi connectivity index (χ4v) is 4.20. The molecule has 39 heavy (non-hydrogen) atoms. The first-order valence-corrected chi connectivity index (χ1v) is 14.3. The van der Waals surface area contributed by atoms with Crippen LogP contribution in [0.15, 0.2) is 24.3 Å². The van der Waals surface area contributed by atoms with Crippen molar-refractivity contribution in [2.24, 2.45) is 0 Å². The van der Waals surface area contributed by atoms with E-state index < -0.39 is 0 Å². The average molecular weight is 549 g/mol. The SMILES string of the molecule is CC.CC.CCN(CC=C(C)c1[nH]c2cc(F)ccc2c1C(C)(C)C)C(=O)N1CCN(C)CC1.CCOC=O. The molecule has 8 heteroatoms. The number of carbonyl (C=O) groups is 2. The van der Waals surface area contributed by atoms with Crippen LogP contribution in [-0.4, -0.2) is 85.1 Å². The second kappa shape index (κ2) is 18.4. The van der Waals surface area contributed by atoms with Crippen molar-refractivity contribution >= 4 is 29.0 Å². The van der Waals surface area contributed by atoms with E-state index in [1.807, 2.05) is 50.5 Å². The van der Waals surface area contributed by atoms with Gasteiger partial charge in [0.2, 0.25) is 0 Å². The molecule has 7 nitrogen and oxygen atoms in total. The Balaban J connectivity index is 0.00000142. The number of carbonyl (C=O) groups excluding carboxylic acids is 2. The molecule has 0 unspecified atom stereocenters. The fraction of sp³-hybridized carbons (Fsp3) is 0.613. The highest BCUT2D eigenvalue weighted by Gasteiger charge is 2.25. The lowest BCUT2D eigenvalue weighted by atomic mass is 9.83. The number of allylic oxidation sites excluding steroid dienone is 1. The Bertz CT molecular complexity index is 1020. The van der Waals surface area contributed by atoms with Crippen LogP contribution < -0.4 is 0 Å². The number of piperazine rings is 1. The van der Waals surface area contributed by atoms with E-state index in [1.54, 1.807) is 13.0 Å². The number of ether oxygens (including phenoxy) is 1. The van der Waals surface area contributed by atoms with Crippen molar-refractivity contribution in [3.63, 3.8) is 0 Å².